The molecule has 0 aliphatic rings. The van der Waals surface area contributed by atoms with E-state index in [1.807, 2.05) is 41.8 Å². The van der Waals surface area contributed by atoms with Crippen molar-refractivity contribution in [3.63, 3.8) is 0 Å². The van der Waals surface area contributed by atoms with Crippen LogP contribution in [-0.4, -0.2) is 22.3 Å². The molecule has 0 N–H and O–H groups in total. The third-order valence-electron chi connectivity index (χ3n) is 3.71. The number of hydrogen-bond donors (Lipinski definition) is 0. The molecule has 27 heavy (non-hydrogen) atoms. The smallest absolute Gasteiger partial charge is 0.277 e. The summed E-state index contributed by atoms with van der Waals surface area (Å²) >= 11 is 9.07. The minimum Gasteiger partial charge on any atom is -0.497 e. The van der Waals surface area contributed by atoms with Gasteiger partial charge < -0.3 is 9.15 Å². The van der Waals surface area contributed by atoms with E-state index in [9.17, 15) is 0 Å². The summed E-state index contributed by atoms with van der Waals surface area (Å²) < 4.78 is 10.9. The van der Waals surface area contributed by atoms with Crippen LogP contribution in [0.15, 0.2) is 63.6 Å². The lowest BCUT2D eigenvalue weighted by Gasteiger charge is -2.00. The second-order valence-corrected chi connectivity index (χ2v) is 7.77. The summed E-state index contributed by atoms with van der Waals surface area (Å²) in [5.74, 6) is 1.94. The zero-order valence-electron chi connectivity index (χ0n) is 14.3. The predicted molar refractivity (Wildman–Crippen MR) is 108 cm³/mol. The van der Waals surface area contributed by atoms with Crippen LogP contribution in [0.1, 0.15) is 5.69 Å². The Morgan fingerprint density at radius 1 is 1.11 bits per heavy atom. The number of ether oxygens (including phenoxy) is 1. The maximum absolute atomic E-state index is 6.00. The van der Waals surface area contributed by atoms with Gasteiger partial charge in [-0.25, -0.2) is 4.98 Å². The number of halogens is 1. The predicted octanol–water partition coefficient (Wildman–Crippen LogP) is 5.81. The number of rotatable bonds is 6. The Hall–Kier alpha value is -2.35. The van der Waals surface area contributed by atoms with Crippen LogP contribution in [0, 0.1) is 0 Å². The van der Waals surface area contributed by atoms with E-state index in [1.165, 1.54) is 11.8 Å². The average Bonchev–Trinajstić information content (AvgIpc) is 3.36. The first-order valence-electron chi connectivity index (χ1n) is 8.02. The van der Waals surface area contributed by atoms with E-state index in [1.54, 1.807) is 30.6 Å². The van der Waals surface area contributed by atoms with Gasteiger partial charge in [0.25, 0.3) is 5.22 Å². The van der Waals surface area contributed by atoms with E-state index in [0.717, 1.165) is 27.6 Å². The molecule has 0 aliphatic heterocycles. The Kier molecular flexibility index (Phi) is 5.42. The summed E-state index contributed by atoms with van der Waals surface area (Å²) in [5, 5.41) is 12.3. The second-order valence-electron chi connectivity index (χ2n) is 5.54. The topological polar surface area (TPSA) is 61.0 Å². The Bertz CT molecular complexity index is 1050. The molecule has 2 heterocycles. The molecule has 0 unspecified atom stereocenters. The minimum atomic E-state index is 0.456. The van der Waals surface area contributed by atoms with E-state index < -0.39 is 0 Å². The number of thioether (sulfide) groups is 1. The van der Waals surface area contributed by atoms with Gasteiger partial charge in [-0.05, 0) is 42.5 Å². The molecule has 4 aromatic rings. The first-order valence-corrected chi connectivity index (χ1v) is 10.3. The summed E-state index contributed by atoms with van der Waals surface area (Å²) in [6, 6.07) is 15.2. The van der Waals surface area contributed by atoms with Crippen molar-refractivity contribution >= 4 is 34.7 Å². The third-order valence-corrected chi connectivity index (χ3v) is 5.74. The van der Waals surface area contributed by atoms with Crippen LogP contribution in [0.4, 0.5) is 0 Å². The summed E-state index contributed by atoms with van der Waals surface area (Å²) in [4.78, 5) is 4.68. The average molecular weight is 416 g/mol. The number of nitrogens with zero attached hydrogens (tertiary/aromatic N) is 3. The molecule has 136 valence electrons. The highest BCUT2D eigenvalue weighted by molar-refractivity contribution is 7.98. The van der Waals surface area contributed by atoms with E-state index in [4.69, 9.17) is 20.8 Å². The van der Waals surface area contributed by atoms with Crippen molar-refractivity contribution in [1.82, 2.24) is 15.2 Å². The van der Waals surface area contributed by atoms with E-state index >= 15 is 0 Å². The van der Waals surface area contributed by atoms with Gasteiger partial charge in [-0.3, -0.25) is 0 Å². The molecule has 0 radical (unpaired) electrons. The molecule has 0 saturated carbocycles. The molecule has 5 nitrogen and oxygen atoms in total. The fourth-order valence-corrected chi connectivity index (χ4v) is 4.16. The Morgan fingerprint density at radius 2 is 1.96 bits per heavy atom. The number of thiazole rings is 1. The Labute approximate surface area is 169 Å². The molecule has 4 rings (SSSR count). The van der Waals surface area contributed by atoms with Crippen molar-refractivity contribution in [1.29, 1.82) is 0 Å². The zero-order chi connectivity index (χ0) is 18.6. The second kappa shape index (κ2) is 8.12. The van der Waals surface area contributed by atoms with Gasteiger partial charge in [0.1, 0.15) is 10.8 Å². The van der Waals surface area contributed by atoms with Gasteiger partial charge in [0.15, 0.2) is 0 Å². The maximum Gasteiger partial charge on any atom is 0.277 e. The molecule has 0 saturated heterocycles. The number of aromatic nitrogens is 3. The molecular formula is C19H14ClN3O2S2. The van der Waals surface area contributed by atoms with Crippen molar-refractivity contribution in [2.45, 2.75) is 11.0 Å². The Morgan fingerprint density at radius 3 is 2.74 bits per heavy atom. The molecule has 0 bridgehead atoms. The van der Waals surface area contributed by atoms with Crippen molar-refractivity contribution in [2.24, 2.45) is 0 Å². The third kappa shape index (κ3) is 4.32. The van der Waals surface area contributed by atoms with Crippen molar-refractivity contribution < 1.29 is 9.15 Å². The standard InChI is InChI=1S/C19H14ClN3O2S2/c1-24-16-7-5-12(6-8-16)18-21-15(10-26-18)11-27-19-23-22-17(25-19)13-3-2-4-14(20)9-13/h2-10H,11H2,1H3. The maximum atomic E-state index is 6.00. The van der Waals surface area contributed by atoms with E-state index in [0.29, 0.717) is 21.9 Å². The lowest BCUT2D eigenvalue weighted by atomic mass is 10.2. The molecule has 0 amide bonds. The molecular weight excluding hydrogens is 402 g/mol. The van der Waals surface area contributed by atoms with Crippen molar-refractivity contribution in [3.05, 3.63) is 64.6 Å². The number of hydrogen-bond acceptors (Lipinski definition) is 7. The van der Waals surface area contributed by atoms with Gasteiger partial charge in [0.05, 0.1) is 12.8 Å². The molecule has 8 heteroatoms. The quantitative estimate of drug-likeness (QED) is 0.370. The summed E-state index contributed by atoms with van der Waals surface area (Å²) in [7, 11) is 1.66. The van der Waals surface area contributed by atoms with Crippen LogP contribution < -0.4 is 4.74 Å². The van der Waals surface area contributed by atoms with Gasteiger partial charge in [0, 0.05) is 27.3 Å². The first-order chi connectivity index (χ1) is 13.2. The van der Waals surface area contributed by atoms with Gasteiger partial charge in [-0.1, -0.05) is 29.4 Å². The SMILES string of the molecule is COc1ccc(-c2nc(CSc3nnc(-c4cccc(Cl)c4)o3)cs2)cc1. The highest BCUT2D eigenvalue weighted by Gasteiger charge is 2.11. The summed E-state index contributed by atoms with van der Waals surface area (Å²) in [5.41, 5.74) is 2.84. The van der Waals surface area contributed by atoms with Gasteiger partial charge >= 0.3 is 0 Å². The fraction of sp³-hybridized carbons (Fsp3) is 0.105. The normalized spacial score (nSPS) is 10.9. The van der Waals surface area contributed by atoms with Crippen LogP contribution in [0.2, 0.25) is 5.02 Å². The van der Waals surface area contributed by atoms with E-state index in [-0.39, 0.29) is 0 Å². The van der Waals surface area contributed by atoms with Crippen molar-refractivity contribution in [2.75, 3.05) is 7.11 Å². The first kappa shape index (κ1) is 18.0. The molecule has 2 aromatic carbocycles. The molecule has 0 atom stereocenters. The van der Waals surface area contributed by atoms with Crippen LogP contribution in [0.5, 0.6) is 5.75 Å². The number of benzene rings is 2. The van der Waals surface area contributed by atoms with Gasteiger partial charge in [-0.15, -0.1) is 21.5 Å². The van der Waals surface area contributed by atoms with Crippen LogP contribution in [0.3, 0.4) is 0 Å². The lowest BCUT2D eigenvalue weighted by Crippen LogP contribution is -1.84. The highest BCUT2D eigenvalue weighted by atomic mass is 35.5. The Balaban J connectivity index is 1.41. The van der Waals surface area contributed by atoms with Crippen molar-refractivity contribution in [3.8, 4) is 27.8 Å². The van der Waals surface area contributed by atoms with Crippen LogP contribution in [-0.2, 0) is 5.75 Å². The van der Waals surface area contributed by atoms with Crippen LogP contribution >= 0.6 is 34.7 Å². The van der Waals surface area contributed by atoms with E-state index in [2.05, 4.69) is 15.2 Å². The minimum absolute atomic E-state index is 0.456. The van der Waals surface area contributed by atoms with Gasteiger partial charge in [-0.2, -0.15) is 0 Å². The fourth-order valence-electron chi connectivity index (χ4n) is 2.38. The monoisotopic (exact) mass is 415 g/mol. The summed E-state index contributed by atoms with van der Waals surface area (Å²) in [6.07, 6.45) is 0. The van der Waals surface area contributed by atoms with Gasteiger partial charge in [0.2, 0.25) is 5.89 Å². The largest absolute Gasteiger partial charge is 0.497 e. The molecule has 0 spiro atoms. The summed E-state index contributed by atoms with van der Waals surface area (Å²) in [6.45, 7) is 0. The van der Waals surface area contributed by atoms with Crippen LogP contribution in [0.25, 0.3) is 22.0 Å². The molecule has 2 aromatic heterocycles. The molecule has 0 aliphatic carbocycles. The zero-order valence-corrected chi connectivity index (χ0v) is 16.6. The number of methoxy groups -OCH3 is 1. The highest BCUT2D eigenvalue weighted by Crippen LogP contribution is 2.30. The molecule has 0 fully saturated rings. The lowest BCUT2D eigenvalue weighted by molar-refractivity contribution is 0.415.